The van der Waals surface area contributed by atoms with Crippen LogP contribution in [0.2, 0.25) is 0 Å². The Morgan fingerprint density at radius 2 is 1.58 bits per heavy atom. The first-order chi connectivity index (χ1) is 10.9. The van der Waals surface area contributed by atoms with E-state index >= 15 is 0 Å². The molecule has 0 saturated heterocycles. The van der Waals surface area contributed by atoms with E-state index in [1.165, 1.54) is 20.8 Å². The van der Waals surface area contributed by atoms with Crippen molar-refractivity contribution in [3.63, 3.8) is 0 Å². The molecule has 0 bridgehead atoms. The van der Waals surface area contributed by atoms with E-state index in [1.54, 1.807) is 5.32 Å². The van der Waals surface area contributed by atoms with Crippen LogP contribution < -0.4 is 16.0 Å². The van der Waals surface area contributed by atoms with Crippen molar-refractivity contribution < 1.29 is 37.1 Å². The minimum Gasteiger partial charge on any atom is -0.467 e. The predicted octanol–water partition coefficient (Wildman–Crippen LogP) is -0.517. The third-order valence-corrected chi connectivity index (χ3v) is 2.85. The molecule has 0 aliphatic carbocycles. The summed E-state index contributed by atoms with van der Waals surface area (Å²) in [6, 6.07) is -2.42. The second-order valence-electron chi connectivity index (χ2n) is 5.22. The second-order valence-corrected chi connectivity index (χ2v) is 5.22. The predicted molar refractivity (Wildman–Crippen MR) is 75.5 cm³/mol. The van der Waals surface area contributed by atoms with Crippen LogP contribution in [0.25, 0.3) is 0 Å². The van der Waals surface area contributed by atoms with Crippen molar-refractivity contribution in [3.05, 3.63) is 0 Å². The van der Waals surface area contributed by atoms with E-state index in [0.717, 1.165) is 7.11 Å². The van der Waals surface area contributed by atoms with Gasteiger partial charge >= 0.3 is 18.1 Å². The van der Waals surface area contributed by atoms with E-state index in [4.69, 9.17) is 0 Å². The maximum atomic E-state index is 12.3. The fourth-order valence-corrected chi connectivity index (χ4v) is 1.56. The van der Waals surface area contributed by atoms with Gasteiger partial charge in [-0.25, -0.2) is 4.79 Å². The molecule has 0 heterocycles. The van der Waals surface area contributed by atoms with Gasteiger partial charge in [-0.2, -0.15) is 13.2 Å². The van der Waals surface area contributed by atoms with E-state index < -0.39 is 54.4 Å². The molecule has 0 aliphatic heterocycles. The Morgan fingerprint density at radius 1 is 1.04 bits per heavy atom. The van der Waals surface area contributed by atoms with Gasteiger partial charge in [0.05, 0.1) is 13.7 Å². The lowest BCUT2D eigenvalue weighted by Crippen LogP contribution is -2.54. The van der Waals surface area contributed by atoms with Gasteiger partial charge in [0.1, 0.15) is 12.1 Å². The number of methoxy groups -OCH3 is 1. The number of alkyl halides is 3. The van der Waals surface area contributed by atoms with Crippen LogP contribution in [0.1, 0.15) is 20.8 Å². The molecule has 24 heavy (non-hydrogen) atoms. The Kier molecular flexibility index (Phi) is 8.20. The average Bonchev–Trinajstić information content (AvgIpc) is 2.47. The highest BCUT2D eigenvalue weighted by Crippen LogP contribution is 2.15. The van der Waals surface area contributed by atoms with Gasteiger partial charge in [0, 0.05) is 0 Å². The monoisotopic (exact) mass is 355 g/mol. The Morgan fingerprint density at radius 3 is 2.00 bits per heavy atom. The molecule has 0 aromatic heterocycles. The van der Waals surface area contributed by atoms with Crippen molar-refractivity contribution in [3.8, 4) is 0 Å². The fraction of sp³-hybridized carbons (Fsp3) is 0.692. The maximum absolute atomic E-state index is 12.3. The van der Waals surface area contributed by atoms with Crippen LogP contribution in [0.15, 0.2) is 0 Å². The molecule has 0 saturated carbocycles. The molecular weight excluding hydrogens is 335 g/mol. The van der Waals surface area contributed by atoms with Crippen molar-refractivity contribution in [1.82, 2.24) is 16.0 Å². The summed E-state index contributed by atoms with van der Waals surface area (Å²) in [5.41, 5.74) is 0. The highest BCUT2D eigenvalue weighted by Gasteiger charge is 2.41. The Labute approximate surface area is 136 Å². The lowest BCUT2D eigenvalue weighted by atomic mass is 10.0. The lowest BCUT2D eigenvalue weighted by Gasteiger charge is -2.22. The van der Waals surface area contributed by atoms with Crippen LogP contribution in [0.3, 0.4) is 0 Å². The SMILES string of the molecule is COC(=O)C(C)NC(=O)CNC(=O)C(NC(=O)C(F)(F)F)C(C)C. The van der Waals surface area contributed by atoms with Crippen molar-refractivity contribution in [2.75, 3.05) is 13.7 Å². The summed E-state index contributed by atoms with van der Waals surface area (Å²) < 4.78 is 41.1. The number of hydrogen-bond acceptors (Lipinski definition) is 5. The van der Waals surface area contributed by atoms with Crippen LogP contribution in [-0.2, 0) is 23.9 Å². The Balaban J connectivity index is 4.62. The Bertz CT molecular complexity index is 494. The maximum Gasteiger partial charge on any atom is 0.471 e. The van der Waals surface area contributed by atoms with Crippen molar-refractivity contribution >= 4 is 23.7 Å². The second kappa shape index (κ2) is 9.08. The molecule has 0 spiro atoms. The van der Waals surface area contributed by atoms with Gasteiger partial charge in [0.25, 0.3) is 0 Å². The van der Waals surface area contributed by atoms with E-state index in [1.807, 2.05) is 0 Å². The number of rotatable bonds is 7. The fourth-order valence-electron chi connectivity index (χ4n) is 1.56. The highest BCUT2D eigenvalue weighted by molar-refractivity contribution is 5.92. The summed E-state index contributed by atoms with van der Waals surface area (Å²) >= 11 is 0. The molecule has 8 nitrogen and oxygen atoms in total. The largest absolute Gasteiger partial charge is 0.471 e. The summed E-state index contributed by atoms with van der Waals surface area (Å²) in [6.07, 6.45) is -5.12. The number of amides is 3. The van der Waals surface area contributed by atoms with Gasteiger partial charge in [-0.05, 0) is 12.8 Å². The molecular formula is C13H20F3N3O5. The number of carbonyl (C=O) groups excluding carboxylic acids is 4. The molecule has 0 rings (SSSR count). The molecule has 2 unspecified atom stereocenters. The van der Waals surface area contributed by atoms with Crippen molar-refractivity contribution in [2.24, 2.45) is 5.92 Å². The highest BCUT2D eigenvalue weighted by atomic mass is 19.4. The number of halogens is 3. The first-order valence-electron chi connectivity index (χ1n) is 6.92. The normalized spacial score (nSPS) is 13.7. The molecule has 0 radical (unpaired) electrons. The minimum absolute atomic E-state index is 0.578. The third kappa shape index (κ3) is 7.29. The first kappa shape index (κ1) is 21.7. The number of carbonyl (C=O) groups is 4. The van der Waals surface area contributed by atoms with Gasteiger partial charge in [-0.15, -0.1) is 0 Å². The molecule has 0 aliphatic rings. The number of ether oxygens (including phenoxy) is 1. The summed E-state index contributed by atoms with van der Waals surface area (Å²) in [7, 11) is 1.13. The quantitative estimate of drug-likeness (QED) is 0.532. The van der Waals surface area contributed by atoms with E-state index in [-0.39, 0.29) is 0 Å². The molecule has 0 aromatic carbocycles. The van der Waals surface area contributed by atoms with Crippen LogP contribution in [0.5, 0.6) is 0 Å². The van der Waals surface area contributed by atoms with Crippen LogP contribution >= 0.6 is 0 Å². The van der Waals surface area contributed by atoms with E-state index in [9.17, 15) is 32.3 Å². The van der Waals surface area contributed by atoms with Crippen molar-refractivity contribution in [1.29, 1.82) is 0 Å². The molecule has 11 heteroatoms. The summed E-state index contributed by atoms with van der Waals surface area (Å²) in [4.78, 5) is 45.5. The van der Waals surface area contributed by atoms with Crippen molar-refractivity contribution in [2.45, 2.75) is 39.0 Å². The first-order valence-corrected chi connectivity index (χ1v) is 6.92. The van der Waals surface area contributed by atoms with E-state index in [2.05, 4.69) is 15.4 Å². The molecule has 2 atom stereocenters. The van der Waals surface area contributed by atoms with Gasteiger partial charge < -0.3 is 20.7 Å². The lowest BCUT2D eigenvalue weighted by molar-refractivity contribution is -0.175. The molecule has 3 N–H and O–H groups in total. The third-order valence-electron chi connectivity index (χ3n) is 2.85. The summed E-state index contributed by atoms with van der Waals surface area (Å²) in [6.45, 7) is 3.64. The number of esters is 1. The Hall–Kier alpha value is -2.33. The standard InChI is InChI=1S/C13H20F3N3O5/c1-6(2)9(19-12(23)13(14,15)16)10(21)17-5-8(20)18-7(3)11(22)24-4/h6-7,9H,5H2,1-4H3,(H,17,21)(H,18,20)(H,19,23). The minimum atomic E-state index is -5.12. The zero-order valence-corrected chi connectivity index (χ0v) is 13.6. The molecule has 0 fully saturated rings. The average molecular weight is 355 g/mol. The van der Waals surface area contributed by atoms with Crippen LogP contribution in [0.4, 0.5) is 13.2 Å². The smallest absolute Gasteiger partial charge is 0.467 e. The topological polar surface area (TPSA) is 114 Å². The van der Waals surface area contributed by atoms with Crippen LogP contribution in [0, 0.1) is 5.92 Å². The molecule has 0 aromatic rings. The molecule has 3 amide bonds. The van der Waals surface area contributed by atoms with Gasteiger partial charge in [0.2, 0.25) is 11.8 Å². The summed E-state index contributed by atoms with van der Waals surface area (Å²) in [5.74, 6) is -5.30. The van der Waals surface area contributed by atoms with Crippen LogP contribution in [-0.4, -0.2) is 55.6 Å². The molecule has 138 valence electrons. The van der Waals surface area contributed by atoms with E-state index in [0.29, 0.717) is 0 Å². The summed E-state index contributed by atoms with van der Waals surface area (Å²) in [5, 5.41) is 5.89. The number of nitrogens with one attached hydrogen (secondary N) is 3. The zero-order chi connectivity index (χ0) is 19.1. The van der Waals surface area contributed by atoms with Gasteiger partial charge in [-0.3, -0.25) is 14.4 Å². The number of hydrogen-bond donors (Lipinski definition) is 3. The van der Waals surface area contributed by atoms with Gasteiger partial charge in [-0.1, -0.05) is 13.8 Å². The van der Waals surface area contributed by atoms with Gasteiger partial charge in [0.15, 0.2) is 0 Å². The zero-order valence-electron chi connectivity index (χ0n) is 13.6.